The molecular formula is C22H29N5O6. The maximum absolute atomic E-state index is 12.0. The summed E-state index contributed by atoms with van der Waals surface area (Å²) < 4.78 is 0. The van der Waals surface area contributed by atoms with Crippen LogP contribution in [-0.4, -0.2) is 51.3 Å². The van der Waals surface area contributed by atoms with Gasteiger partial charge in [0.25, 0.3) is 0 Å². The number of carboxylic acid groups (broad SMARTS) is 2. The van der Waals surface area contributed by atoms with E-state index in [2.05, 4.69) is 10.3 Å². The number of aliphatic imine (C=N–C) groups is 1. The molecule has 0 saturated heterocycles. The van der Waals surface area contributed by atoms with Crippen molar-refractivity contribution in [3.05, 3.63) is 65.7 Å². The predicted octanol–water partition coefficient (Wildman–Crippen LogP) is 0.619. The normalized spacial score (nSPS) is 11.8. The summed E-state index contributed by atoms with van der Waals surface area (Å²) in [6.45, 7) is 0.220. The van der Waals surface area contributed by atoms with Crippen molar-refractivity contribution in [2.45, 2.75) is 31.3 Å². The van der Waals surface area contributed by atoms with Crippen molar-refractivity contribution in [1.82, 2.24) is 5.32 Å². The maximum Gasteiger partial charge on any atom is 0.344 e. The molecule has 11 nitrogen and oxygen atoms in total. The number of rotatable bonds is 10. The van der Waals surface area contributed by atoms with E-state index >= 15 is 0 Å². The monoisotopic (exact) mass is 459 g/mol. The fraction of sp³-hybridized carbons (Fsp3) is 0.273. The SMILES string of the molecule is NC(N)=NCCCC(N)(NC(=O)CCc1ccc(O)cc1)C(=O)O.O=C(O)c1ccccc1. The molecule has 0 spiro atoms. The second kappa shape index (κ2) is 13.3. The van der Waals surface area contributed by atoms with E-state index in [4.69, 9.17) is 22.3 Å². The Kier molecular flexibility index (Phi) is 10.9. The van der Waals surface area contributed by atoms with Crippen molar-refractivity contribution in [1.29, 1.82) is 0 Å². The summed E-state index contributed by atoms with van der Waals surface area (Å²) in [5, 5.41) is 29.2. The van der Waals surface area contributed by atoms with E-state index in [0.29, 0.717) is 18.4 Å². The second-order valence-electron chi connectivity index (χ2n) is 7.07. The van der Waals surface area contributed by atoms with Gasteiger partial charge < -0.3 is 32.1 Å². The van der Waals surface area contributed by atoms with E-state index in [9.17, 15) is 24.6 Å². The van der Waals surface area contributed by atoms with E-state index < -0.39 is 23.5 Å². The minimum atomic E-state index is -1.87. The first kappa shape index (κ1) is 26.9. The molecular weight excluding hydrogens is 430 g/mol. The summed E-state index contributed by atoms with van der Waals surface area (Å²) in [4.78, 5) is 37.3. The second-order valence-corrected chi connectivity index (χ2v) is 7.07. The smallest absolute Gasteiger partial charge is 0.344 e. The van der Waals surface area contributed by atoms with Crippen LogP contribution < -0.4 is 22.5 Å². The first-order valence-electron chi connectivity index (χ1n) is 9.98. The molecule has 0 heterocycles. The molecule has 11 heteroatoms. The number of nitrogens with two attached hydrogens (primary N) is 3. The Morgan fingerprint density at radius 2 is 1.58 bits per heavy atom. The Bertz CT molecular complexity index is 946. The highest BCUT2D eigenvalue weighted by atomic mass is 16.4. The van der Waals surface area contributed by atoms with Gasteiger partial charge in [0, 0.05) is 13.0 Å². The summed E-state index contributed by atoms with van der Waals surface area (Å²) in [6, 6.07) is 14.7. The van der Waals surface area contributed by atoms with Crippen LogP contribution in [0.4, 0.5) is 0 Å². The van der Waals surface area contributed by atoms with Gasteiger partial charge in [0.15, 0.2) is 11.6 Å². The quantitative estimate of drug-likeness (QED) is 0.114. The number of hydrogen-bond donors (Lipinski definition) is 7. The molecule has 1 unspecified atom stereocenters. The van der Waals surface area contributed by atoms with Gasteiger partial charge in [0.2, 0.25) is 5.91 Å². The van der Waals surface area contributed by atoms with Gasteiger partial charge in [-0.15, -0.1) is 0 Å². The fourth-order valence-corrected chi connectivity index (χ4v) is 2.60. The summed E-state index contributed by atoms with van der Waals surface area (Å²) in [5.74, 6) is -2.64. The minimum Gasteiger partial charge on any atom is -0.508 e. The van der Waals surface area contributed by atoms with Gasteiger partial charge in [-0.3, -0.25) is 15.5 Å². The maximum atomic E-state index is 12.0. The molecule has 0 fully saturated rings. The number of aromatic carboxylic acids is 1. The number of phenols is 1. The molecule has 0 aliphatic rings. The molecule has 1 amide bonds. The van der Waals surface area contributed by atoms with Crippen LogP contribution in [0.5, 0.6) is 5.75 Å². The summed E-state index contributed by atoms with van der Waals surface area (Å²) >= 11 is 0. The van der Waals surface area contributed by atoms with Crippen LogP contribution in [0.1, 0.15) is 35.2 Å². The number of aryl methyl sites for hydroxylation is 1. The minimum absolute atomic E-state index is 0.00986. The molecule has 0 saturated carbocycles. The van der Waals surface area contributed by atoms with Crippen LogP contribution in [0.15, 0.2) is 59.6 Å². The van der Waals surface area contributed by atoms with Gasteiger partial charge in [-0.05, 0) is 49.1 Å². The number of amides is 1. The van der Waals surface area contributed by atoms with E-state index in [-0.39, 0.29) is 31.1 Å². The number of nitrogens with one attached hydrogen (secondary N) is 1. The van der Waals surface area contributed by atoms with Crippen LogP contribution >= 0.6 is 0 Å². The largest absolute Gasteiger partial charge is 0.508 e. The molecule has 0 aliphatic carbocycles. The number of benzene rings is 2. The molecule has 1 atom stereocenters. The van der Waals surface area contributed by atoms with E-state index in [1.54, 1.807) is 42.5 Å². The Balaban J connectivity index is 0.000000502. The Labute approximate surface area is 190 Å². The molecule has 33 heavy (non-hydrogen) atoms. The zero-order valence-electron chi connectivity index (χ0n) is 18.0. The molecule has 0 bridgehead atoms. The number of nitrogens with zero attached hydrogens (tertiary/aromatic N) is 1. The molecule has 2 aromatic rings. The lowest BCUT2D eigenvalue weighted by molar-refractivity contribution is -0.147. The highest BCUT2D eigenvalue weighted by Gasteiger charge is 2.34. The predicted molar refractivity (Wildman–Crippen MR) is 122 cm³/mol. The van der Waals surface area contributed by atoms with Crippen molar-refractivity contribution in [3.63, 3.8) is 0 Å². The van der Waals surface area contributed by atoms with E-state index in [1.165, 1.54) is 12.1 Å². The summed E-state index contributed by atoms with van der Waals surface area (Å²) in [6.07, 6.45) is 0.768. The lowest BCUT2D eigenvalue weighted by Crippen LogP contribution is -2.61. The Morgan fingerprint density at radius 3 is 2.06 bits per heavy atom. The third-order valence-corrected chi connectivity index (χ3v) is 4.37. The third-order valence-electron chi connectivity index (χ3n) is 4.37. The molecule has 178 valence electrons. The third kappa shape index (κ3) is 10.6. The van der Waals surface area contributed by atoms with Crippen molar-refractivity contribution >= 4 is 23.8 Å². The number of phenolic OH excluding ortho intramolecular Hbond substituents is 1. The van der Waals surface area contributed by atoms with Crippen molar-refractivity contribution in [2.75, 3.05) is 6.54 Å². The molecule has 0 radical (unpaired) electrons. The van der Waals surface area contributed by atoms with Crippen LogP contribution in [0.3, 0.4) is 0 Å². The lowest BCUT2D eigenvalue weighted by Gasteiger charge is -2.25. The number of carboxylic acids is 2. The summed E-state index contributed by atoms with van der Waals surface area (Å²) in [7, 11) is 0. The van der Waals surface area contributed by atoms with Crippen LogP contribution in [0.25, 0.3) is 0 Å². The zero-order valence-corrected chi connectivity index (χ0v) is 18.0. The van der Waals surface area contributed by atoms with Gasteiger partial charge in [-0.2, -0.15) is 0 Å². The number of hydrogen-bond acceptors (Lipinski definition) is 6. The van der Waals surface area contributed by atoms with E-state index in [0.717, 1.165) is 5.56 Å². The number of aliphatic carboxylic acids is 1. The number of aromatic hydroxyl groups is 1. The standard InChI is InChI=1S/C15H23N5O4.C7H6O2/c16-14(17)19-9-1-8-15(18,13(23)24)20-12(22)7-4-10-2-5-11(21)6-3-10;8-7(9)6-4-2-1-3-5-6/h2-3,5-6,21H,1,4,7-9,18H2,(H,20,22)(H,23,24)(H4,16,17,19);1-5H,(H,8,9). The molecule has 2 rings (SSSR count). The number of carbonyl (C=O) groups excluding carboxylic acids is 1. The number of carbonyl (C=O) groups is 3. The van der Waals surface area contributed by atoms with Crippen LogP contribution in [-0.2, 0) is 16.0 Å². The first-order valence-corrected chi connectivity index (χ1v) is 9.98. The topological polar surface area (TPSA) is 214 Å². The van der Waals surface area contributed by atoms with Crippen LogP contribution in [0, 0.1) is 0 Å². The lowest BCUT2D eigenvalue weighted by atomic mass is 10.0. The molecule has 2 aromatic carbocycles. The van der Waals surface area contributed by atoms with Gasteiger partial charge >= 0.3 is 11.9 Å². The zero-order chi connectivity index (χ0) is 24.9. The van der Waals surface area contributed by atoms with Crippen LogP contribution in [0.2, 0.25) is 0 Å². The van der Waals surface area contributed by atoms with Gasteiger partial charge in [-0.25, -0.2) is 9.59 Å². The van der Waals surface area contributed by atoms with E-state index in [1.807, 2.05) is 0 Å². The Hall–Kier alpha value is -4.12. The first-order chi connectivity index (χ1) is 15.5. The average Bonchev–Trinajstić information content (AvgIpc) is 2.77. The molecule has 0 aliphatic heterocycles. The average molecular weight is 460 g/mol. The molecule has 0 aromatic heterocycles. The van der Waals surface area contributed by atoms with Crippen molar-refractivity contribution < 1.29 is 29.7 Å². The molecule has 10 N–H and O–H groups in total. The van der Waals surface area contributed by atoms with Crippen molar-refractivity contribution in [3.8, 4) is 5.75 Å². The Morgan fingerprint density at radius 1 is 0.970 bits per heavy atom. The summed E-state index contributed by atoms with van der Waals surface area (Å²) in [5.41, 5.74) is 15.4. The fourth-order valence-electron chi connectivity index (χ4n) is 2.60. The van der Waals surface area contributed by atoms with Gasteiger partial charge in [0.05, 0.1) is 5.56 Å². The number of guanidine groups is 1. The highest BCUT2D eigenvalue weighted by molar-refractivity contribution is 5.87. The highest BCUT2D eigenvalue weighted by Crippen LogP contribution is 2.12. The van der Waals surface area contributed by atoms with Gasteiger partial charge in [0.1, 0.15) is 5.75 Å². The van der Waals surface area contributed by atoms with Gasteiger partial charge in [-0.1, -0.05) is 30.3 Å². The van der Waals surface area contributed by atoms with Crippen molar-refractivity contribution in [2.24, 2.45) is 22.2 Å².